The van der Waals surface area contributed by atoms with E-state index in [0.29, 0.717) is 12.4 Å². The van der Waals surface area contributed by atoms with Gasteiger partial charge in [-0.1, -0.05) is 31.8 Å². The molecule has 0 saturated heterocycles. The zero-order valence-corrected chi connectivity index (χ0v) is 19.9. The summed E-state index contributed by atoms with van der Waals surface area (Å²) in [6.45, 7) is 6.86. The fourth-order valence-electron chi connectivity index (χ4n) is 2.37. The summed E-state index contributed by atoms with van der Waals surface area (Å²) >= 11 is 0. The molecule has 0 aliphatic rings. The van der Waals surface area contributed by atoms with Gasteiger partial charge in [0.25, 0.3) is 0 Å². The van der Waals surface area contributed by atoms with Gasteiger partial charge in [-0.15, -0.1) is 0 Å². The van der Waals surface area contributed by atoms with Crippen molar-refractivity contribution in [2.75, 3.05) is 34.1 Å². The number of methoxy groups -OCH3 is 1. The van der Waals surface area contributed by atoms with Crippen LogP contribution >= 0.6 is 7.60 Å². The largest absolute Gasteiger partial charge is 0.497 e. The lowest BCUT2D eigenvalue weighted by Crippen LogP contribution is -2.44. The van der Waals surface area contributed by atoms with Crippen molar-refractivity contribution in [1.29, 1.82) is 0 Å². The molecular formula is C19H32NO7PSi. The van der Waals surface area contributed by atoms with Crippen LogP contribution in [0.3, 0.4) is 0 Å². The van der Waals surface area contributed by atoms with E-state index in [1.165, 1.54) is 14.2 Å². The Hall–Kier alpha value is -1.67. The molecular weight excluding hydrogens is 413 g/mol. The van der Waals surface area contributed by atoms with E-state index in [0.717, 1.165) is 11.6 Å². The smallest absolute Gasteiger partial charge is 0.339 e. The molecule has 164 valence electrons. The lowest BCUT2D eigenvalue weighted by molar-refractivity contribution is -0.147. The molecule has 1 amide bonds. The molecule has 0 bridgehead atoms. The van der Waals surface area contributed by atoms with Crippen molar-refractivity contribution in [2.45, 2.75) is 38.1 Å². The summed E-state index contributed by atoms with van der Waals surface area (Å²) in [7, 11) is -0.923. The maximum Gasteiger partial charge on any atom is 0.339 e. The van der Waals surface area contributed by atoms with E-state index >= 15 is 0 Å². The molecule has 1 atom stereocenters. The van der Waals surface area contributed by atoms with Gasteiger partial charge in [0.15, 0.2) is 0 Å². The van der Waals surface area contributed by atoms with Crippen LogP contribution in [0.25, 0.3) is 0 Å². The normalized spacial score (nSPS) is 12.9. The second-order valence-electron chi connectivity index (χ2n) is 7.78. The summed E-state index contributed by atoms with van der Waals surface area (Å²) in [5.41, 5.74) is 0.819. The number of carbonyl (C=O) groups is 2. The molecule has 1 aromatic rings. The first-order valence-corrected chi connectivity index (χ1v) is 14.7. The number of hydrogen-bond donors (Lipinski definition) is 1. The Bertz CT molecular complexity index is 710. The van der Waals surface area contributed by atoms with Gasteiger partial charge in [-0.05, 0) is 23.7 Å². The highest BCUT2D eigenvalue weighted by Gasteiger charge is 2.29. The van der Waals surface area contributed by atoms with Gasteiger partial charge in [-0.2, -0.15) is 0 Å². The van der Waals surface area contributed by atoms with Gasteiger partial charge < -0.3 is 23.8 Å². The summed E-state index contributed by atoms with van der Waals surface area (Å²) in [5.74, 6) is -0.456. The Morgan fingerprint density at radius 3 is 2.14 bits per heavy atom. The number of benzene rings is 1. The second-order valence-corrected chi connectivity index (χ2v) is 15.7. The number of amides is 1. The predicted molar refractivity (Wildman–Crippen MR) is 114 cm³/mol. The van der Waals surface area contributed by atoms with Gasteiger partial charge in [0.05, 0.1) is 13.7 Å². The van der Waals surface area contributed by atoms with Crippen LogP contribution in [0.4, 0.5) is 0 Å². The first-order valence-electron chi connectivity index (χ1n) is 9.31. The molecule has 0 unspecified atom stereocenters. The number of rotatable bonds is 12. The maximum absolute atomic E-state index is 12.6. The van der Waals surface area contributed by atoms with Crippen LogP contribution in [0.5, 0.6) is 5.75 Å². The van der Waals surface area contributed by atoms with Crippen molar-refractivity contribution in [1.82, 2.24) is 5.32 Å². The van der Waals surface area contributed by atoms with Crippen LogP contribution in [0.2, 0.25) is 25.7 Å². The average molecular weight is 446 g/mol. The molecule has 0 aromatic heterocycles. The number of nitrogens with one attached hydrogen (secondary N) is 1. The monoisotopic (exact) mass is 445 g/mol. The maximum atomic E-state index is 12.6. The summed E-state index contributed by atoms with van der Waals surface area (Å²) in [5, 5.41) is 2.60. The van der Waals surface area contributed by atoms with Crippen LogP contribution < -0.4 is 10.1 Å². The van der Waals surface area contributed by atoms with Gasteiger partial charge in [0.2, 0.25) is 5.91 Å². The third-order valence-electron chi connectivity index (χ3n) is 4.21. The van der Waals surface area contributed by atoms with E-state index in [9.17, 15) is 14.2 Å². The van der Waals surface area contributed by atoms with E-state index in [4.69, 9.17) is 18.5 Å². The fourth-order valence-corrected chi connectivity index (χ4v) is 3.93. The van der Waals surface area contributed by atoms with Gasteiger partial charge >= 0.3 is 13.6 Å². The van der Waals surface area contributed by atoms with E-state index in [1.807, 2.05) is 12.1 Å². The van der Waals surface area contributed by atoms with Crippen LogP contribution in [0.1, 0.15) is 5.56 Å². The highest BCUT2D eigenvalue weighted by Crippen LogP contribution is 2.45. The van der Waals surface area contributed by atoms with E-state index in [1.54, 1.807) is 19.2 Å². The van der Waals surface area contributed by atoms with E-state index in [2.05, 4.69) is 25.0 Å². The minimum Gasteiger partial charge on any atom is -0.497 e. The number of hydrogen-bond acceptors (Lipinski definition) is 7. The molecule has 0 spiro atoms. The third-order valence-corrected chi connectivity index (χ3v) is 7.70. The van der Waals surface area contributed by atoms with Gasteiger partial charge in [-0.3, -0.25) is 9.36 Å². The molecule has 0 fully saturated rings. The summed E-state index contributed by atoms with van der Waals surface area (Å²) < 4.78 is 32.3. The molecule has 1 N–H and O–H groups in total. The lowest BCUT2D eigenvalue weighted by atomic mass is 10.1. The predicted octanol–water partition coefficient (Wildman–Crippen LogP) is 3.09. The molecule has 0 aliphatic carbocycles. The van der Waals surface area contributed by atoms with Crippen LogP contribution in [0.15, 0.2) is 24.3 Å². The fraction of sp³-hybridized carbons (Fsp3) is 0.579. The molecule has 0 saturated carbocycles. The molecule has 8 nitrogen and oxygen atoms in total. The average Bonchev–Trinajstić information content (AvgIpc) is 2.66. The number of esters is 1. The Morgan fingerprint density at radius 2 is 1.66 bits per heavy atom. The topological polar surface area (TPSA) is 100 Å². The summed E-state index contributed by atoms with van der Waals surface area (Å²) in [6.07, 6.45) is -0.257. The molecule has 0 heterocycles. The van der Waals surface area contributed by atoms with E-state index < -0.39 is 39.7 Å². The molecule has 0 radical (unpaired) electrons. The minimum absolute atomic E-state index is 0.228. The van der Waals surface area contributed by atoms with Crippen LogP contribution in [-0.4, -0.2) is 60.1 Å². The molecule has 0 aliphatic heterocycles. The second kappa shape index (κ2) is 11.5. The van der Waals surface area contributed by atoms with Crippen molar-refractivity contribution in [2.24, 2.45) is 0 Å². The zero-order chi connectivity index (χ0) is 22.1. The van der Waals surface area contributed by atoms with Crippen molar-refractivity contribution in [3.63, 3.8) is 0 Å². The summed E-state index contributed by atoms with van der Waals surface area (Å²) in [6, 6.07) is 7.07. The van der Waals surface area contributed by atoms with Gasteiger partial charge in [0.1, 0.15) is 18.0 Å². The Kier molecular flexibility index (Phi) is 10.1. The van der Waals surface area contributed by atoms with Gasteiger partial charge in [-0.25, -0.2) is 4.79 Å². The van der Waals surface area contributed by atoms with Crippen molar-refractivity contribution in [3.8, 4) is 5.75 Å². The van der Waals surface area contributed by atoms with Crippen molar-refractivity contribution < 1.29 is 32.7 Å². The Balaban J connectivity index is 2.87. The number of carbonyl (C=O) groups excluding carboxylic acids is 2. The standard InChI is InChI=1S/C19H32NO7PSi/c1-24-16-9-7-15(8-10-16)13-17(19(22)27-11-12-29(4,5)6)20-18(21)14-28(23,25-2)26-3/h7-10,17H,11-14H2,1-6H3,(H,20,21)/t17-/m1/s1. The Labute approximate surface area is 173 Å². The first-order chi connectivity index (χ1) is 13.5. The lowest BCUT2D eigenvalue weighted by Gasteiger charge is -2.21. The van der Waals surface area contributed by atoms with Gasteiger partial charge in [0, 0.05) is 28.7 Å². The van der Waals surface area contributed by atoms with Crippen LogP contribution in [-0.2, 0) is 34.4 Å². The third kappa shape index (κ3) is 9.58. The molecule has 1 aromatic carbocycles. The highest BCUT2D eigenvalue weighted by molar-refractivity contribution is 7.54. The van der Waals surface area contributed by atoms with Crippen molar-refractivity contribution in [3.05, 3.63) is 29.8 Å². The molecule has 1 rings (SSSR count). The van der Waals surface area contributed by atoms with Crippen molar-refractivity contribution >= 4 is 27.5 Å². The Morgan fingerprint density at radius 1 is 1.07 bits per heavy atom. The highest BCUT2D eigenvalue weighted by atomic mass is 31.2. The SMILES string of the molecule is COc1ccc(C[C@@H](NC(=O)CP(=O)(OC)OC)C(=O)OCC[Si](C)(C)C)cc1. The molecule has 10 heteroatoms. The summed E-state index contributed by atoms with van der Waals surface area (Å²) in [4.78, 5) is 25.0. The number of ether oxygens (including phenoxy) is 2. The van der Waals surface area contributed by atoms with E-state index in [-0.39, 0.29) is 6.42 Å². The minimum atomic E-state index is -3.54. The van der Waals surface area contributed by atoms with Crippen LogP contribution in [0, 0.1) is 0 Å². The molecule has 29 heavy (non-hydrogen) atoms. The zero-order valence-electron chi connectivity index (χ0n) is 18.0. The first kappa shape index (κ1) is 25.4. The quantitative estimate of drug-likeness (QED) is 0.300.